The summed E-state index contributed by atoms with van der Waals surface area (Å²) in [6.07, 6.45) is -5.78. The number of ether oxygens (including phenoxy) is 1. The summed E-state index contributed by atoms with van der Waals surface area (Å²) in [6.45, 7) is 3.13. The Bertz CT molecular complexity index is 804. The maximum Gasteiger partial charge on any atom is 0.416 e. The number of benzene rings is 1. The van der Waals surface area contributed by atoms with Crippen LogP contribution < -0.4 is 5.32 Å². The summed E-state index contributed by atoms with van der Waals surface area (Å²) in [5.41, 5.74) is -1.16. The van der Waals surface area contributed by atoms with Crippen molar-refractivity contribution in [1.29, 1.82) is 0 Å². The van der Waals surface area contributed by atoms with Gasteiger partial charge in [-0.1, -0.05) is 11.6 Å². The average molecular weight is 392 g/mol. The van der Waals surface area contributed by atoms with Gasteiger partial charge in [-0.05, 0) is 44.2 Å². The summed E-state index contributed by atoms with van der Waals surface area (Å²) >= 11 is 7.02. The maximum atomic E-state index is 12.7. The molecule has 4 nitrogen and oxygen atoms in total. The van der Waals surface area contributed by atoms with Crippen LogP contribution in [0.15, 0.2) is 30.3 Å². The lowest BCUT2D eigenvalue weighted by Crippen LogP contribution is -2.30. The van der Waals surface area contributed by atoms with Gasteiger partial charge in [0.2, 0.25) is 0 Å². The first-order chi connectivity index (χ1) is 11.6. The van der Waals surface area contributed by atoms with E-state index in [-0.39, 0.29) is 10.7 Å². The molecule has 9 heteroatoms. The number of thiophene rings is 1. The van der Waals surface area contributed by atoms with Crippen molar-refractivity contribution in [3.63, 3.8) is 0 Å². The van der Waals surface area contributed by atoms with Crippen LogP contribution in [0.5, 0.6) is 0 Å². The number of nitrogens with one attached hydrogen (secondary N) is 1. The highest BCUT2D eigenvalue weighted by molar-refractivity contribution is 7.13. The fraction of sp³-hybridized carbons (Fsp3) is 0.250. The second kappa shape index (κ2) is 7.45. The lowest BCUT2D eigenvalue weighted by atomic mass is 10.2. The third-order valence-corrected chi connectivity index (χ3v) is 4.46. The van der Waals surface area contributed by atoms with Crippen LogP contribution in [0.1, 0.15) is 27.0 Å². The second-order valence-electron chi connectivity index (χ2n) is 5.14. The van der Waals surface area contributed by atoms with Crippen LogP contribution in [0, 0.1) is 6.92 Å². The van der Waals surface area contributed by atoms with Crippen LogP contribution in [0.25, 0.3) is 0 Å². The monoisotopic (exact) mass is 391 g/mol. The lowest BCUT2D eigenvalue weighted by Gasteiger charge is -2.15. The van der Waals surface area contributed by atoms with Crippen molar-refractivity contribution in [2.45, 2.75) is 26.1 Å². The Morgan fingerprint density at radius 3 is 2.48 bits per heavy atom. The first-order valence-electron chi connectivity index (χ1n) is 7.03. The minimum absolute atomic E-state index is 0.0613. The molecule has 0 radical (unpaired) electrons. The van der Waals surface area contributed by atoms with Gasteiger partial charge in [-0.3, -0.25) is 4.79 Å². The van der Waals surface area contributed by atoms with E-state index in [2.05, 4.69) is 5.32 Å². The molecule has 1 N–H and O–H groups in total. The van der Waals surface area contributed by atoms with Gasteiger partial charge in [0.15, 0.2) is 6.10 Å². The highest BCUT2D eigenvalue weighted by Crippen LogP contribution is 2.33. The molecule has 0 saturated heterocycles. The van der Waals surface area contributed by atoms with E-state index >= 15 is 0 Å². The minimum Gasteiger partial charge on any atom is -0.448 e. The normalized spacial score (nSPS) is 12.6. The summed E-state index contributed by atoms with van der Waals surface area (Å²) in [7, 11) is 0. The van der Waals surface area contributed by atoms with Gasteiger partial charge in [0, 0.05) is 4.88 Å². The van der Waals surface area contributed by atoms with Crippen molar-refractivity contribution in [3.05, 3.63) is 50.7 Å². The Hall–Kier alpha value is -2.06. The first kappa shape index (κ1) is 19.3. The topological polar surface area (TPSA) is 55.4 Å². The highest BCUT2D eigenvalue weighted by atomic mass is 35.5. The number of carbonyl (C=O) groups is 2. The van der Waals surface area contributed by atoms with Crippen molar-refractivity contribution in [3.8, 4) is 0 Å². The number of hydrogen-bond acceptors (Lipinski definition) is 4. The largest absolute Gasteiger partial charge is 0.448 e. The number of halogens is 4. The van der Waals surface area contributed by atoms with E-state index in [1.165, 1.54) is 18.3 Å². The first-order valence-corrected chi connectivity index (χ1v) is 8.22. The van der Waals surface area contributed by atoms with Crippen molar-refractivity contribution in [2.75, 3.05) is 5.32 Å². The quantitative estimate of drug-likeness (QED) is 0.753. The molecule has 0 spiro atoms. The Balaban J connectivity index is 2.07. The molecule has 0 aliphatic rings. The SMILES string of the molecule is Cc1ccc(C(=O)O[C@H](C)C(=O)Nc2cc(C(F)(F)F)ccc2Cl)s1. The van der Waals surface area contributed by atoms with E-state index in [1.54, 1.807) is 12.1 Å². The molecule has 2 rings (SSSR count). The summed E-state index contributed by atoms with van der Waals surface area (Å²) in [4.78, 5) is 25.2. The van der Waals surface area contributed by atoms with Crippen molar-refractivity contribution in [2.24, 2.45) is 0 Å². The van der Waals surface area contributed by atoms with Crippen molar-refractivity contribution < 1.29 is 27.5 Å². The molecule has 2 aromatic rings. The third-order valence-electron chi connectivity index (χ3n) is 3.15. The van der Waals surface area contributed by atoms with Crippen LogP contribution in [-0.4, -0.2) is 18.0 Å². The molecule has 0 aliphatic carbocycles. The van der Waals surface area contributed by atoms with Gasteiger partial charge < -0.3 is 10.1 Å². The number of anilines is 1. The molecule has 1 aromatic carbocycles. The number of aryl methyl sites for hydroxylation is 1. The zero-order valence-corrected chi connectivity index (χ0v) is 14.7. The number of amides is 1. The van der Waals surface area contributed by atoms with E-state index in [0.717, 1.165) is 23.1 Å². The third kappa shape index (κ3) is 4.96. The molecular weight excluding hydrogens is 379 g/mol. The van der Waals surface area contributed by atoms with Crippen molar-refractivity contribution in [1.82, 2.24) is 0 Å². The lowest BCUT2D eigenvalue weighted by molar-refractivity contribution is -0.137. The Labute approximate surface area is 150 Å². The van der Waals surface area contributed by atoms with Gasteiger partial charge in [-0.25, -0.2) is 4.79 Å². The van der Waals surface area contributed by atoms with Gasteiger partial charge in [0.05, 0.1) is 16.3 Å². The fourth-order valence-electron chi connectivity index (χ4n) is 1.85. The zero-order valence-electron chi connectivity index (χ0n) is 13.1. The summed E-state index contributed by atoms with van der Waals surface area (Å²) in [5, 5.41) is 2.18. The maximum absolute atomic E-state index is 12.7. The van der Waals surface area contributed by atoms with E-state index in [9.17, 15) is 22.8 Å². The van der Waals surface area contributed by atoms with Gasteiger partial charge in [-0.2, -0.15) is 13.2 Å². The summed E-state index contributed by atoms with van der Waals surface area (Å²) in [6, 6.07) is 5.86. The van der Waals surface area contributed by atoms with E-state index < -0.39 is 29.7 Å². The molecule has 1 atom stereocenters. The summed E-state index contributed by atoms with van der Waals surface area (Å²) < 4.78 is 43.2. The Kier molecular flexibility index (Phi) is 5.74. The molecule has 0 bridgehead atoms. The Morgan fingerprint density at radius 2 is 1.92 bits per heavy atom. The number of rotatable bonds is 4. The molecule has 1 amide bonds. The van der Waals surface area contributed by atoms with Gasteiger partial charge in [0.25, 0.3) is 5.91 Å². The van der Waals surface area contributed by atoms with Crippen LogP contribution in [0.4, 0.5) is 18.9 Å². The molecule has 1 heterocycles. The fourth-order valence-corrected chi connectivity index (χ4v) is 2.76. The molecule has 0 saturated carbocycles. The molecule has 1 aromatic heterocycles. The number of carbonyl (C=O) groups excluding carboxylic acids is 2. The van der Waals surface area contributed by atoms with E-state index in [1.807, 2.05) is 6.92 Å². The number of hydrogen-bond donors (Lipinski definition) is 1. The molecule has 134 valence electrons. The zero-order chi connectivity index (χ0) is 18.8. The molecule has 0 aliphatic heterocycles. The Morgan fingerprint density at radius 1 is 1.24 bits per heavy atom. The van der Waals surface area contributed by atoms with Gasteiger partial charge in [0.1, 0.15) is 4.88 Å². The molecule has 0 fully saturated rings. The molecule has 0 unspecified atom stereocenters. The molecule has 25 heavy (non-hydrogen) atoms. The second-order valence-corrected chi connectivity index (χ2v) is 6.83. The van der Waals surface area contributed by atoms with E-state index in [0.29, 0.717) is 4.88 Å². The average Bonchev–Trinajstić information content (AvgIpc) is 2.94. The minimum atomic E-state index is -4.57. The van der Waals surface area contributed by atoms with Gasteiger partial charge >= 0.3 is 12.1 Å². The molecular formula is C16H13ClF3NO3S. The van der Waals surface area contributed by atoms with Crippen LogP contribution in [-0.2, 0) is 15.7 Å². The van der Waals surface area contributed by atoms with Crippen molar-refractivity contribution >= 4 is 40.5 Å². The predicted molar refractivity (Wildman–Crippen MR) is 89.0 cm³/mol. The standard InChI is InChI=1S/C16H13ClF3NO3S/c1-8-3-6-13(25-8)15(23)24-9(2)14(22)21-12-7-10(16(18,19)20)4-5-11(12)17/h3-7,9H,1-2H3,(H,21,22)/t9-/m1/s1. The van der Waals surface area contributed by atoms with Crippen LogP contribution >= 0.6 is 22.9 Å². The van der Waals surface area contributed by atoms with Gasteiger partial charge in [-0.15, -0.1) is 11.3 Å². The smallest absolute Gasteiger partial charge is 0.416 e. The predicted octanol–water partition coefficient (Wildman–Crippen LogP) is 4.91. The highest BCUT2D eigenvalue weighted by Gasteiger charge is 2.31. The summed E-state index contributed by atoms with van der Waals surface area (Å²) in [5.74, 6) is -1.47. The van der Waals surface area contributed by atoms with Crippen LogP contribution in [0.3, 0.4) is 0 Å². The number of esters is 1. The van der Waals surface area contributed by atoms with E-state index in [4.69, 9.17) is 16.3 Å². The van der Waals surface area contributed by atoms with Crippen LogP contribution in [0.2, 0.25) is 5.02 Å². The number of alkyl halides is 3.